The first-order valence-corrected chi connectivity index (χ1v) is 63.4. The number of rotatable bonds is 12. The molecule has 4 heterocycles. The van der Waals surface area contributed by atoms with Gasteiger partial charge in [-0.2, -0.15) is 0 Å². The summed E-state index contributed by atoms with van der Waals surface area (Å²) >= 11 is 0. The van der Waals surface area contributed by atoms with Crippen LogP contribution in [0.2, 0.25) is 78.6 Å². The summed E-state index contributed by atoms with van der Waals surface area (Å²) in [5.41, 5.74) is 20.6. The summed E-state index contributed by atoms with van der Waals surface area (Å²) in [6, 6.07) is 72.7. The Balaban J connectivity index is 0.00000166. The van der Waals surface area contributed by atoms with Crippen LogP contribution in [0.3, 0.4) is 0 Å². The molecule has 0 unspecified atom stereocenters. The van der Waals surface area contributed by atoms with Gasteiger partial charge in [-0.1, -0.05) is 417 Å². The molecule has 20 heteroatoms. The number of nitrogens with zero attached hydrogens (tertiary/aromatic N) is 4. The van der Waals surface area contributed by atoms with Gasteiger partial charge in [0.05, 0.1) is 54.4 Å². The number of ketones is 4. The second-order valence-corrected chi connectivity index (χ2v) is 70.7. The Kier molecular flexibility index (Phi) is 52.0. The molecule has 0 saturated carbocycles. The monoisotopic (exact) mass is 2760 g/mol. The van der Waals surface area contributed by atoms with E-state index in [2.05, 4.69) is 317 Å². The van der Waals surface area contributed by atoms with Crippen molar-refractivity contribution in [3.05, 3.63) is 285 Å². The molecule has 0 atom stereocenters. The third-order valence-electron chi connectivity index (χ3n) is 23.5. The fourth-order valence-corrected chi connectivity index (χ4v) is 18.2. The molecule has 0 aliphatic carbocycles. The molecule has 0 fully saturated rings. The zero-order chi connectivity index (χ0) is 108. The standard InChI is InChI=1S/C21H24NSi.3C20H22NSi.4C11H20O2.CH4.4Ir/c1-14-9-15(2)11-18(10-14)21-16(3)12-17-13-19(23(4,5)6)7-8-20(17)22-21;1-14-6-9-18(15(2)12-14)20-10-7-16-13-17(22(3,4)5)8-11-19(16)21-20;1-14-10-15(2)12-17(11-14)20-8-6-16-13-18(22(3,4)5)7-9-19(16)21-20;1-14-6-8-16(9-7-14)20-15(2)12-17-13-18(22(3,4)5)10-11-19(17)21-20;4*1-10(2,3)8(12)7-9(13)11(4,5)6;;;;;/h7-10,12-13H,1-6H3;6-8,10-13H,1-5H3;6-11,13H,1-5H3;6-8,10-13H,1-5H3;4*7,12H,1-6H3;1H4;;;;/q4*-1;;;;;;;;;. The second-order valence-electron chi connectivity index (χ2n) is 50.4. The van der Waals surface area contributed by atoms with Gasteiger partial charge in [-0.3, -0.25) is 39.1 Å². The topological polar surface area (TPSA) is 201 Å². The first-order chi connectivity index (χ1) is 63.9. The van der Waals surface area contributed by atoms with Gasteiger partial charge in [-0.05, 0) is 82.4 Å². The third kappa shape index (κ3) is 43.9. The summed E-state index contributed by atoms with van der Waals surface area (Å²) in [4.78, 5) is 65.4. The average molecular weight is 2750 g/mol. The van der Waals surface area contributed by atoms with E-state index in [1.54, 1.807) is 0 Å². The Morgan fingerprint density at radius 1 is 0.267 bits per heavy atom. The van der Waals surface area contributed by atoms with Crippen molar-refractivity contribution in [3.63, 3.8) is 0 Å². The number of pyridine rings is 4. The van der Waals surface area contributed by atoms with Gasteiger partial charge >= 0.3 is 0 Å². The summed E-state index contributed by atoms with van der Waals surface area (Å²) in [6.45, 7) is 92.0. The maximum atomic E-state index is 11.5. The number of aryl methyl sites for hydroxylation is 9. The number of allylic oxidation sites excluding steroid dienone is 8. The van der Waals surface area contributed by atoms with Crippen molar-refractivity contribution in [2.24, 2.45) is 43.3 Å². The molecular formula is C126H174Ir4N4O8Si4-4. The summed E-state index contributed by atoms with van der Waals surface area (Å²) in [6.07, 6.45) is 5.33. The molecule has 12 nitrogen and oxygen atoms in total. The van der Waals surface area contributed by atoms with Gasteiger partial charge in [0, 0.05) is 148 Å². The van der Waals surface area contributed by atoms with Crippen LogP contribution >= 0.6 is 0 Å². The smallest absolute Gasteiger partial charge is 0.164 e. The van der Waals surface area contributed by atoms with Gasteiger partial charge in [-0.25, -0.2) is 0 Å². The number of aliphatic hydroxyl groups is 4. The minimum Gasteiger partial charge on any atom is -0.512 e. The van der Waals surface area contributed by atoms with Crippen molar-refractivity contribution in [1.29, 1.82) is 0 Å². The van der Waals surface area contributed by atoms with Crippen molar-refractivity contribution >= 4 is 120 Å². The van der Waals surface area contributed by atoms with Crippen LogP contribution in [0, 0.1) is 130 Å². The number of hydrogen-bond donors (Lipinski definition) is 4. The second kappa shape index (κ2) is 55.1. The Morgan fingerprint density at radius 2 is 0.541 bits per heavy atom. The molecule has 8 aromatic carbocycles. The number of carbonyl (C=O) groups is 4. The van der Waals surface area contributed by atoms with E-state index in [0.29, 0.717) is 0 Å². The van der Waals surface area contributed by atoms with Crippen molar-refractivity contribution in [2.45, 2.75) is 314 Å². The molecule has 0 amide bonds. The van der Waals surface area contributed by atoms with E-state index in [9.17, 15) is 39.6 Å². The minimum atomic E-state index is -1.29. The third-order valence-corrected chi connectivity index (χ3v) is 31.7. The van der Waals surface area contributed by atoms with E-state index in [1.807, 2.05) is 178 Å². The number of aromatic nitrogens is 4. The molecule has 0 saturated heterocycles. The molecule has 0 aliphatic rings. The maximum Gasteiger partial charge on any atom is 0.164 e. The van der Waals surface area contributed by atoms with E-state index in [4.69, 9.17) is 19.9 Å². The fourth-order valence-electron chi connectivity index (χ4n) is 13.5. The molecule has 4 N–H and O–H groups in total. The molecular weight excluding hydrogens is 2580 g/mol. The molecule has 0 aliphatic heterocycles. The van der Waals surface area contributed by atoms with Crippen LogP contribution in [0.15, 0.2) is 211 Å². The quantitative estimate of drug-likeness (QED) is 0.0391. The van der Waals surface area contributed by atoms with E-state index in [0.717, 1.165) is 78.2 Å². The number of benzene rings is 8. The van der Waals surface area contributed by atoms with Crippen LogP contribution in [0.4, 0.5) is 0 Å². The zero-order valence-corrected chi connectivity index (χ0v) is 110. The van der Waals surface area contributed by atoms with Gasteiger partial charge in [0.2, 0.25) is 0 Å². The minimum absolute atomic E-state index is 0. The maximum absolute atomic E-state index is 11.5. The number of aliphatic hydroxyl groups excluding tert-OH is 4. The molecule has 802 valence electrons. The molecule has 0 bridgehead atoms. The van der Waals surface area contributed by atoms with Crippen LogP contribution in [0.25, 0.3) is 88.6 Å². The summed E-state index contributed by atoms with van der Waals surface area (Å²) in [5.74, 6) is 0.416. The largest absolute Gasteiger partial charge is 0.512 e. The van der Waals surface area contributed by atoms with Crippen LogP contribution in [-0.2, 0) is 99.6 Å². The van der Waals surface area contributed by atoms with Crippen LogP contribution in [0.5, 0.6) is 0 Å². The molecule has 4 radical (unpaired) electrons. The average Bonchev–Trinajstić information content (AvgIpc) is 0.813. The predicted molar refractivity (Wildman–Crippen MR) is 624 cm³/mol. The Hall–Kier alpha value is -8.30. The Morgan fingerprint density at radius 3 is 0.822 bits per heavy atom. The summed E-state index contributed by atoms with van der Waals surface area (Å²) in [5, 5.41) is 49.1. The van der Waals surface area contributed by atoms with E-state index in [-0.39, 0.29) is 156 Å². The van der Waals surface area contributed by atoms with Crippen molar-refractivity contribution < 1.29 is 120 Å². The molecule has 12 rings (SSSR count). The van der Waals surface area contributed by atoms with Gasteiger partial charge in [0.1, 0.15) is 23.0 Å². The number of carbonyl (C=O) groups excluding carboxylic acids is 4. The first kappa shape index (κ1) is 138. The van der Waals surface area contributed by atoms with Gasteiger partial charge < -0.3 is 20.4 Å². The van der Waals surface area contributed by atoms with Crippen molar-refractivity contribution in [1.82, 2.24) is 19.9 Å². The van der Waals surface area contributed by atoms with E-state index >= 15 is 0 Å². The van der Waals surface area contributed by atoms with Crippen molar-refractivity contribution in [3.8, 4) is 45.0 Å². The van der Waals surface area contributed by atoms with Crippen LogP contribution in [0.1, 0.15) is 224 Å². The summed E-state index contributed by atoms with van der Waals surface area (Å²) in [7, 11) is -5.13. The Bertz CT molecular complexity index is 6340. The van der Waals surface area contributed by atoms with E-state index in [1.165, 1.54) is 106 Å². The van der Waals surface area contributed by atoms with Gasteiger partial charge in [0.25, 0.3) is 0 Å². The van der Waals surface area contributed by atoms with Gasteiger partial charge in [0.15, 0.2) is 23.1 Å². The van der Waals surface area contributed by atoms with Crippen molar-refractivity contribution in [2.75, 3.05) is 0 Å². The van der Waals surface area contributed by atoms with Crippen LogP contribution in [-0.4, -0.2) is 95.8 Å². The van der Waals surface area contributed by atoms with Crippen LogP contribution < -0.4 is 20.7 Å². The molecule has 12 aromatic rings. The molecule has 146 heavy (non-hydrogen) atoms. The predicted octanol–water partition coefficient (Wildman–Crippen LogP) is 32.7. The molecule has 4 aromatic heterocycles. The fraction of sp³-hybridized carbons (Fsp3) is 0.429. The SMILES string of the molecule is C.CC(C)(C)C(=O)C=C(O)C(C)(C)C.CC(C)(C)C(=O)C=C(O)C(C)(C)C.CC(C)(C)C(=O)C=C(O)C(C)(C)C.CC(C)(C)C(=O)C=C(O)C(C)(C)C.Cc1[c-]c(-c2ccc3cc([Si](C)(C)C)ccc3n2)cc(C)c1.Cc1[c-]c(-c2nc3ccc([Si](C)(C)C)cc3cc2C)cc(C)c1.Cc1c[c-]c(-c2ccc3cc([Si](C)(C)C)ccc3n2)c(C)c1.Cc1c[c-]c(-c2nc3ccc([Si](C)(C)C)cc3cc2C)cc1.[Ir].[Ir].[Ir].[Ir]. The normalized spacial score (nSPS) is 12.4. The number of fused-ring (bicyclic) bond motifs is 4. The Labute approximate surface area is 939 Å². The molecule has 0 spiro atoms. The first-order valence-electron chi connectivity index (χ1n) is 49.4. The van der Waals surface area contributed by atoms with Gasteiger partial charge in [-0.15, -0.1) is 140 Å². The van der Waals surface area contributed by atoms with E-state index < -0.39 is 54.0 Å². The summed E-state index contributed by atoms with van der Waals surface area (Å²) < 4.78 is 0. The zero-order valence-electron chi connectivity index (χ0n) is 95.9. The number of hydrogen-bond acceptors (Lipinski definition) is 12.